The van der Waals surface area contributed by atoms with Gasteiger partial charge in [-0.15, -0.1) is 0 Å². The smallest absolute Gasteiger partial charge is 0.327 e. The highest BCUT2D eigenvalue weighted by Gasteiger charge is 2.06. The molecule has 0 saturated heterocycles. The van der Waals surface area contributed by atoms with Gasteiger partial charge in [0.15, 0.2) is 0 Å². The Morgan fingerprint density at radius 3 is 1.86 bits per heavy atom. The SMILES string of the molecule is CC(C=CC(=O)O)COCC(C)OCC(C)C=CC(=O)O. The van der Waals surface area contributed by atoms with Crippen LogP contribution < -0.4 is 0 Å². The number of aliphatic carboxylic acids is 2. The van der Waals surface area contributed by atoms with Crippen molar-refractivity contribution in [1.29, 1.82) is 0 Å². The Kier molecular flexibility index (Phi) is 10.2. The number of hydrogen-bond acceptors (Lipinski definition) is 4. The van der Waals surface area contributed by atoms with Crippen molar-refractivity contribution in [3.8, 4) is 0 Å². The second-order valence-electron chi connectivity index (χ2n) is 5.03. The molecule has 0 heterocycles. The zero-order valence-electron chi connectivity index (χ0n) is 12.7. The van der Waals surface area contributed by atoms with Gasteiger partial charge in [-0.25, -0.2) is 9.59 Å². The predicted molar refractivity (Wildman–Crippen MR) is 78.1 cm³/mol. The second-order valence-corrected chi connectivity index (χ2v) is 5.03. The van der Waals surface area contributed by atoms with Crippen molar-refractivity contribution in [2.45, 2.75) is 26.9 Å². The molecule has 3 unspecified atom stereocenters. The van der Waals surface area contributed by atoms with Crippen LogP contribution in [0.2, 0.25) is 0 Å². The van der Waals surface area contributed by atoms with E-state index in [1.165, 1.54) is 0 Å². The van der Waals surface area contributed by atoms with Gasteiger partial charge in [0.05, 0.1) is 25.9 Å². The van der Waals surface area contributed by atoms with Gasteiger partial charge in [0, 0.05) is 12.2 Å². The van der Waals surface area contributed by atoms with Crippen molar-refractivity contribution in [3.05, 3.63) is 24.3 Å². The molecule has 0 amide bonds. The predicted octanol–water partition coefficient (Wildman–Crippen LogP) is 1.96. The maximum Gasteiger partial charge on any atom is 0.327 e. The third kappa shape index (κ3) is 13.1. The van der Waals surface area contributed by atoms with E-state index in [0.29, 0.717) is 19.8 Å². The van der Waals surface area contributed by atoms with E-state index < -0.39 is 11.9 Å². The molecular formula is C15H24O6. The molecular weight excluding hydrogens is 276 g/mol. The molecule has 0 aromatic rings. The molecule has 0 bridgehead atoms. The lowest BCUT2D eigenvalue weighted by Gasteiger charge is -2.16. The van der Waals surface area contributed by atoms with Crippen molar-refractivity contribution in [2.75, 3.05) is 19.8 Å². The topological polar surface area (TPSA) is 93.1 Å². The fourth-order valence-corrected chi connectivity index (χ4v) is 1.39. The first kappa shape index (κ1) is 19.3. The largest absolute Gasteiger partial charge is 0.478 e. The van der Waals surface area contributed by atoms with Crippen LogP contribution in [0.15, 0.2) is 24.3 Å². The summed E-state index contributed by atoms with van der Waals surface area (Å²) in [5.74, 6) is -1.91. The van der Waals surface area contributed by atoms with Gasteiger partial charge in [0.2, 0.25) is 0 Å². The molecule has 6 nitrogen and oxygen atoms in total. The monoisotopic (exact) mass is 300 g/mol. The van der Waals surface area contributed by atoms with Crippen molar-refractivity contribution in [2.24, 2.45) is 11.8 Å². The van der Waals surface area contributed by atoms with Gasteiger partial charge < -0.3 is 19.7 Å². The third-order valence-electron chi connectivity index (χ3n) is 2.51. The van der Waals surface area contributed by atoms with Gasteiger partial charge in [-0.2, -0.15) is 0 Å². The number of carboxylic acids is 2. The molecule has 0 aliphatic heterocycles. The standard InChI is InChI=1S/C15H24O6/c1-11(4-6-14(16)17)8-20-10-13(3)21-9-12(2)5-7-15(18)19/h4-7,11-13H,8-10H2,1-3H3,(H,16,17)(H,18,19). The second kappa shape index (κ2) is 11.0. The molecule has 0 rings (SSSR count). The molecule has 0 aromatic carbocycles. The van der Waals surface area contributed by atoms with Crippen LogP contribution in [-0.4, -0.2) is 48.1 Å². The lowest BCUT2D eigenvalue weighted by molar-refractivity contribution is -0.132. The molecule has 0 aliphatic rings. The third-order valence-corrected chi connectivity index (χ3v) is 2.51. The summed E-state index contributed by atoms with van der Waals surface area (Å²) in [4.78, 5) is 20.7. The molecule has 0 aliphatic carbocycles. The van der Waals surface area contributed by atoms with Crippen LogP contribution in [0, 0.1) is 11.8 Å². The molecule has 0 spiro atoms. The van der Waals surface area contributed by atoms with Crippen LogP contribution in [0.25, 0.3) is 0 Å². The summed E-state index contributed by atoms with van der Waals surface area (Å²) >= 11 is 0. The molecule has 2 N–H and O–H groups in total. The summed E-state index contributed by atoms with van der Waals surface area (Å²) in [5.41, 5.74) is 0. The highest BCUT2D eigenvalue weighted by Crippen LogP contribution is 2.03. The van der Waals surface area contributed by atoms with Crippen molar-refractivity contribution < 1.29 is 29.3 Å². The zero-order valence-corrected chi connectivity index (χ0v) is 12.7. The first-order valence-corrected chi connectivity index (χ1v) is 6.82. The van der Waals surface area contributed by atoms with Crippen molar-refractivity contribution >= 4 is 11.9 Å². The van der Waals surface area contributed by atoms with Gasteiger partial charge in [-0.05, 0) is 18.8 Å². The van der Waals surface area contributed by atoms with E-state index in [9.17, 15) is 9.59 Å². The normalized spacial score (nSPS) is 16.1. The Bertz CT molecular complexity index is 374. The number of carbonyl (C=O) groups is 2. The van der Waals surface area contributed by atoms with Crippen LogP contribution in [-0.2, 0) is 19.1 Å². The average molecular weight is 300 g/mol. The van der Waals surface area contributed by atoms with Crippen LogP contribution >= 0.6 is 0 Å². The van der Waals surface area contributed by atoms with Gasteiger partial charge in [0.1, 0.15) is 0 Å². The van der Waals surface area contributed by atoms with E-state index in [4.69, 9.17) is 19.7 Å². The molecule has 3 atom stereocenters. The Balaban J connectivity index is 3.78. The molecule has 120 valence electrons. The Labute approximate surface area is 125 Å². The Morgan fingerprint density at radius 2 is 1.38 bits per heavy atom. The van der Waals surface area contributed by atoms with Gasteiger partial charge in [0.25, 0.3) is 0 Å². The Morgan fingerprint density at radius 1 is 0.905 bits per heavy atom. The molecule has 6 heteroatoms. The lowest BCUT2D eigenvalue weighted by Crippen LogP contribution is -2.20. The van der Waals surface area contributed by atoms with Crippen LogP contribution in [0.4, 0.5) is 0 Å². The molecule has 0 aromatic heterocycles. The maximum absolute atomic E-state index is 10.4. The van der Waals surface area contributed by atoms with E-state index in [1.54, 1.807) is 12.2 Å². The minimum atomic E-state index is -0.971. The molecule has 0 radical (unpaired) electrons. The van der Waals surface area contributed by atoms with Gasteiger partial charge >= 0.3 is 11.9 Å². The number of rotatable bonds is 11. The van der Waals surface area contributed by atoms with Crippen LogP contribution in [0.5, 0.6) is 0 Å². The quantitative estimate of drug-likeness (QED) is 0.567. The summed E-state index contributed by atoms with van der Waals surface area (Å²) in [7, 11) is 0. The molecule has 0 saturated carbocycles. The van der Waals surface area contributed by atoms with Crippen molar-refractivity contribution in [1.82, 2.24) is 0 Å². The maximum atomic E-state index is 10.4. The highest BCUT2D eigenvalue weighted by molar-refractivity contribution is 5.80. The van der Waals surface area contributed by atoms with E-state index in [1.807, 2.05) is 20.8 Å². The van der Waals surface area contributed by atoms with Gasteiger partial charge in [-0.1, -0.05) is 26.0 Å². The highest BCUT2D eigenvalue weighted by atomic mass is 16.5. The fraction of sp³-hybridized carbons (Fsp3) is 0.600. The molecule has 0 fully saturated rings. The molecule has 21 heavy (non-hydrogen) atoms. The summed E-state index contributed by atoms with van der Waals surface area (Å²) in [6, 6.07) is 0. The van der Waals surface area contributed by atoms with E-state index in [0.717, 1.165) is 12.2 Å². The van der Waals surface area contributed by atoms with Crippen LogP contribution in [0.1, 0.15) is 20.8 Å². The van der Waals surface area contributed by atoms with Gasteiger partial charge in [-0.3, -0.25) is 0 Å². The average Bonchev–Trinajstić information content (AvgIpc) is 2.40. The minimum absolute atomic E-state index is 0.0148. The summed E-state index contributed by atoms with van der Waals surface area (Å²) in [6.07, 6.45) is 5.25. The summed E-state index contributed by atoms with van der Waals surface area (Å²) < 4.78 is 11.0. The van der Waals surface area contributed by atoms with E-state index >= 15 is 0 Å². The van der Waals surface area contributed by atoms with Crippen LogP contribution in [0.3, 0.4) is 0 Å². The van der Waals surface area contributed by atoms with Crippen molar-refractivity contribution in [3.63, 3.8) is 0 Å². The number of hydrogen-bond donors (Lipinski definition) is 2. The zero-order chi connectivity index (χ0) is 16.3. The summed E-state index contributed by atoms with van der Waals surface area (Å²) in [6.45, 7) is 6.84. The first-order chi connectivity index (χ1) is 9.81. The number of ether oxygens (including phenoxy) is 2. The van der Waals surface area contributed by atoms with E-state index in [2.05, 4.69) is 0 Å². The number of carboxylic acid groups (broad SMARTS) is 2. The lowest BCUT2D eigenvalue weighted by atomic mass is 10.2. The Hall–Kier alpha value is -1.66. The fourth-order valence-electron chi connectivity index (χ4n) is 1.39. The first-order valence-electron chi connectivity index (χ1n) is 6.82. The minimum Gasteiger partial charge on any atom is -0.478 e. The van der Waals surface area contributed by atoms with E-state index in [-0.39, 0.29) is 17.9 Å². The summed E-state index contributed by atoms with van der Waals surface area (Å²) in [5, 5.41) is 17.0.